The molecule has 0 saturated heterocycles. The highest BCUT2D eigenvalue weighted by Gasteiger charge is 2.10. The van der Waals surface area contributed by atoms with Crippen LogP contribution in [0.4, 0.5) is 5.69 Å². The van der Waals surface area contributed by atoms with Crippen molar-refractivity contribution in [1.29, 1.82) is 0 Å². The Labute approximate surface area is 131 Å². The Morgan fingerprint density at radius 1 is 1.27 bits per heavy atom. The zero-order chi connectivity index (χ0) is 15.9. The molecule has 0 aliphatic heterocycles. The average Bonchev–Trinajstić information content (AvgIpc) is 2.83. The fourth-order valence-corrected chi connectivity index (χ4v) is 2.58. The Hall–Kier alpha value is -2.41. The number of esters is 1. The van der Waals surface area contributed by atoms with E-state index in [-0.39, 0.29) is 24.4 Å². The molecule has 0 atom stereocenters. The van der Waals surface area contributed by atoms with Gasteiger partial charge in [-0.1, -0.05) is 29.5 Å². The van der Waals surface area contributed by atoms with Crippen molar-refractivity contribution in [3.8, 4) is 0 Å². The third kappa shape index (κ3) is 4.56. The van der Waals surface area contributed by atoms with Gasteiger partial charge >= 0.3 is 10.8 Å². The van der Waals surface area contributed by atoms with E-state index in [0.717, 1.165) is 17.0 Å². The number of aromatic nitrogens is 1. The number of nitrogens with zero attached hydrogens (tertiary/aromatic N) is 1. The van der Waals surface area contributed by atoms with Crippen LogP contribution in [0.5, 0.6) is 0 Å². The number of amides is 1. The van der Waals surface area contributed by atoms with E-state index in [1.807, 2.05) is 6.07 Å². The molecule has 1 heterocycles. The molecule has 0 radical (unpaired) electrons. The molecule has 2 rings (SSSR count). The number of thiazole rings is 1. The highest BCUT2D eigenvalue weighted by Crippen LogP contribution is 2.05. The van der Waals surface area contributed by atoms with Crippen LogP contribution in [0.2, 0.25) is 0 Å². The number of carbonyl (C=O) groups is 2. The van der Waals surface area contributed by atoms with Crippen LogP contribution in [0.3, 0.4) is 0 Å². The maximum Gasteiger partial charge on any atom is 0.308 e. The molecule has 6 nitrogen and oxygen atoms in total. The van der Waals surface area contributed by atoms with Crippen LogP contribution in [0.25, 0.3) is 0 Å². The SMILES string of the molecule is Cc1csc(=O)n1CCC(=O)OCC(=O)Nc1ccccc1. The largest absolute Gasteiger partial charge is 0.456 e. The van der Waals surface area contributed by atoms with Crippen LogP contribution < -0.4 is 10.2 Å². The molecule has 0 aliphatic carbocycles. The summed E-state index contributed by atoms with van der Waals surface area (Å²) in [5, 5.41) is 4.35. The molecule has 2 aromatic rings. The lowest BCUT2D eigenvalue weighted by Gasteiger charge is -2.07. The van der Waals surface area contributed by atoms with E-state index >= 15 is 0 Å². The molecular weight excluding hydrogens is 304 g/mol. The summed E-state index contributed by atoms with van der Waals surface area (Å²) >= 11 is 1.09. The van der Waals surface area contributed by atoms with Gasteiger partial charge in [0.2, 0.25) is 0 Å². The molecule has 22 heavy (non-hydrogen) atoms. The summed E-state index contributed by atoms with van der Waals surface area (Å²) in [6.07, 6.45) is 0.0517. The molecule has 1 amide bonds. The van der Waals surface area contributed by atoms with Crippen LogP contribution in [-0.2, 0) is 20.9 Å². The minimum absolute atomic E-state index is 0.0517. The maximum atomic E-state index is 11.6. The quantitative estimate of drug-likeness (QED) is 0.823. The zero-order valence-electron chi connectivity index (χ0n) is 12.1. The molecule has 0 fully saturated rings. The van der Waals surface area contributed by atoms with Gasteiger partial charge in [-0.3, -0.25) is 14.4 Å². The summed E-state index contributed by atoms with van der Waals surface area (Å²) in [5.74, 6) is -0.913. The highest BCUT2D eigenvalue weighted by molar-refractivity contribution is 7.07. The van der Waals surface area contributed by atoms with Crippen molar-refractivity contribution in [3.63, 3.8) is 0 Å². The van der Waals surface area contributed by atoms with Crippen LogP contribution >= 0.6 is 11.3 Å². The molecule has 0 bridgehead atoms. The van der Waals surface area contributed by atoms with Gasteiger partial charge in [-0.2, -0.15) is 0 Å². The fraction of sp³-hybridized carbons (Fsp3) is 0.267. The van der Waals surface area contributed by atoms with E-state index in [9.17, 15) is 14.4 Å². The predicted molar refractivity (Wildman–Crippen MR) is 84.0 cm³/mol. The standard InChI is InChI=1S/C15H16N2O4S/c1-11-10-22-15(20)17(11)8-7-14(19)21-9-13(18)16-12-5-3-2-4-6-12/h2-6,10H,7-9H2,1H3,(H,16,18). The van der Waals surface area contributed by atoms with Crippen LogP contribution in [0.1, 0.15) is 12.1 Å². The van der Waals surface area contributed by atoms with E-state index in [4.69, 9.17) is 4.74 Å². The van der Waals surface area contributed by atoms with Crippen LogP contribution in [-0.4, -0.2) is 23.1 Å². The van der Waals surface area contributed by atoms with Gasteiger partial charge < -0.3 is 14.6 Å². The number of nitrogens with one attached hydrogen (secondary N) is 1. The first-order valence-electron chi connectivity index (χ1n) is 6.71. The van der Waals surface area contributed by atoms with Crippen LogP contribution in [0, 0.1) is 6.92 Å². The van der Waals surface area contributed by atoms with E-state index < -0.39 is 11.9 Å². The van der Waals surface area contributed by atoms with Gasteiger partial charge in [-0.15, -0.1) is 0 Å². The molecule has 116 valence electrons. The summed E-state index contributed by atoms with van der Waals surface area (Å²) in [6, 6.07) is 8.91. The molecule has 0 aliphatic rings. The first-order valence-corrected chi connectivity index (χ1v) is 7.59. The van der Waals surface area contributed by atoms with Crippen molar-refractivity contribution in [2.24, 2.45) is 0 Å². The Kier molecular flexibility index (Phi) is 5.48. The molecule has 0 spiro atoms. The van der Waals surface area contributed by atoms with E-state index in [0.29, 0.717) is 5.69 Å². The second-order valence-corrected chi connectivity index (χ2v) is 5.44. The summed E-state index contributed by atoms with van der Waals surface area (Å²) in [7, 11) is 0. The first kappa shape index (κ1) is 16.0. The van der Waals surface area contributed by atoms with Crippen LogP contribution in [0.15, 0.2) is 40.5 Å². The number of rotatable bonds is 6. The molecule has 1 aromatic carbocycles. The van der Waals surface area contributed by atoms with Gasteiger partial charge in [-0.25, -0.2) is 0 Å². The highest BCUT2D eigenvalue weighted by atomic mass is 32.1. The lowest BCUT2D eigenvalue weighted by atomic mass is 10.3. The third-order valence-corrected chi connectivity index (χ3v) is 3.82. The summed E-state index contributed by atoms with van der Waals surface area (Å²) in [4.78, 5) is 34.6. The average molecular weight is 320 g/mol. The third-order valence-electron chi connectivity index (χ3n) is 2.94. The van der Waals surface area contributed by atoms with Gasteiger partial charge in [0.25, 0.3) is 5.91 Å². The fourth-order valence-electron chi connectivity index (χ4n) is 1.81. The summed E-state index contributed by atoms with van der Waals surface area (Å²) in [6.45, 7) is 1.72. The Morgan fingerprint density at radius 2 is 2.00 bits per heavy atom. The maximum absolute atomic E-state index is 11.6. The molecule has 1 aromatic heterocycles. The second kappa shape index (κ2) is 7.56. The lowest BCUT2D eigenvalue weighted by molar-refractivity contribution is -0.147. The number of anilines is 1. The minimum Gasteiger partial charge on any atom is -0.456 e. The molecular formula is C15H16N2O4S. The van der Waals surface area contributed by atoms with E-state index in [1.54, 1.807) is 36.6 Å². The van der Waals surface area contributed by atoms with Crippen molar-refractivity contribution >= 4 is 28.9 Å². The summed E-state index contributed by atoms with van der Waals surface area (Å²) < 4.78 is 6.40. The topological polar surface area (TPSA) is 77.4 Å². The molecule has 0 unspecified atom stereocenters. The normalized spacial score (nSPS) is 10.2. The van der Waals surface area contributed by atoms with Gasteiger partial charge in [-0.05, 0) is 19.1 Å². The lowest BCUT2D eigenvalue weighted by Crippen LogP contribution is -2.22. The van der Waals surface area contributed by atoms with Crippen molar-refractivity contribution in [2.75, 3.05) is 11.9 Å². The zero-order valence-corrected chi connectivity index (χ0v) is 12.9. The van der Waals surface area contributed by atoms with Gasteiger partial charge in [0.05, 0.1) is 6.42 Å². The number of hydrogen-bond donors (Lipinski definition) is 1. The van der Waals surface area contributed by atoms with Crippen molar-refractivity contribution in [1.82, 2.24) is 4.57 Å². The van der Waals surface area contributed by atoms with Crippen molar-refractivity contribution in [2.45, 2.75) is 19.9 Å². The Morgan fingerprint density at radius 3 is 2.64 bits per heavy atom. The molecule has 0 saturated carbocycles. The monoisotopic (exact) mass is 320 g/mol. The van der Waals surface area contributed by atoms with Gasteiger partial charge in [0.15, 0.2) is 6.61 Å². The number of para-hydroxylation sites is 1. The van der Waals surface area contributed by atoms with E-state index in [2.05, 4.69) is 5.32 Å². The minimum atomic E-state index is -0.513. The second-order valence-electron chi connectivity index (χ2n) is 4.62. The van der Waals surface area contributed by atoms with Gasteiger partial charge in [0.1, 0.15) is 0 Å². The smallest absolute Gasteiger partial charge is 0.308 e. The van der Waals surface area contributed by atoms with Gasteiger partial charge in [0, 0.05) is 23.3 Å². The number of hydrogen-bond acceptors (Lipinski definition) is 5. The molecule has 1 N–H and O–H groups in total. The van der Waals surface area contributed by atoms with Crippen molar-refractivity contribution in [3.05, 3.63) is 51.1 Å². The van der Waals surface area contributed by atoms with E-state index in [1.165, 1.54) is 4.57 Å². The first-order chi connectivity index (χ1) is 10.6. The summed E-state index contributed by atoms with van der Waals surface area (Å²) in [5.41, 5.74) is 1.45. The number of benzene rings is 1. The molecule has 7 heteroatoms. The van der Waals surface area contributed by atoms with Crippen molar-refractivity contribution < 1.29 is 14.3 Å². The predicted octanol–water partition coefficient (Wildman–Crippen LogP) is 1.79. The number of ether oxygens (including phenoxy) is 1. The number of carbonyl (C=O) groups excluding carboxylic acids is 2. The number of aryl methyl sites for hydroxylation is 1. The Balaban J connectivity index is 1.74. The Bertz CT molecular complexity index is 706.